The van der Waals surface area contributed by atoms with Crippen molar-refractivity contribution in [3.8, 4) is 11.5 Å². The van der Waals surface area contributed by atoms with Gasteiger partial charge in [-0.1, -0.05) is 0 Å². The van der Waals surface area contributed by atoms with Crippen LogP contribution in [0.1, 0.15) is 25.7 Å². The van der Waals surface area contributed by atoms with Crippen molar-refractivity contribution in [3.05, 3.63) is 36.7 Å². The molecule has 0 radical (unpaired) electrons. The maximum Gasteiger partial charge on any atom is 0.240 e. The molecule has 10 nitrogen and oxygen atoms in total. The van der Waals surface area contributed by atoms with Crippen LogP contribution in [-0.2, 0) is 14.8 Å². The van der Waals surface area contributed by atoms with Gasteiger partial charge in [0, 0.05) is 57.0 Å². The van der Waals surface area contributed by atoms with Crippen LogP contribution in [0.25, 0.3) is 0 Å². The van der Waals surface area contributed by atoms with Gasteiger partial charge in [0.2, 0.25) is 21.9 Å². The molecule has 2 aliphatic heterocycles. The van der Waals surface area contributed by atoms with Crippen molar-refractivity contribution >= 4 is 21.9 Å². The Kier molecular flexibility index (Phi) is 7.05. The molecule has 172 valence electrons. The summed E-state index contributed by atoms with van der Waals surface area (Å²) >= 11 is 0. The van der Waals surface area contributed by atoms with Crippen molar-refractivity contribution < 1.29 is 22.7 Å². The van der Waals surface area contributed by atoms with E-state index in [2.05, 4.69) is 24.9 Å². The number of fused-ring (bicyclic) bond motifs is 1. The number of benzene rings is 1. The number of nitrogens with one attached hydrogen (secondary N) is 2. The van der Waals surface area contributed by atoms with Gasteiger partial charge in [0.05, 0.1) is 18.1 Å². The second-order valence-corrected chi connectivity index (χ2v) is 9.45. The van der Waals surface area contributed by atoms with Crippen LogP contribution in [-0.4, -0.2) is 63.2 Å². The van der Waals surface area contributed by atoms with Crippen molar-refractivity contribution in [2.45, 2.75) is 36.6 Å². The highest BCUT2D eigenvalue weighted by atomic mass is 32.2. The van der Waals surface area contributed by atoms with Gasteiger partial charge in [0.1, 0.15) is 0 Å². The number of piperidine rings is 1. The molecule has 0 bridgehead atoms. The summed E-state index contributed by atoms with van der Waals surface area (Å²) in [6, 6.07) is 6.35. The Hall–Kier alpha value is -2.92. The van der Waals surface area contributed by atoms with E-state index in [0.29, 0.717) is 30.7 Å². The van der Waals surface area contributed by atoms with Crippen LogP contribution in [0.2, 0.25) is 0 Å². The van der Waals surface area contributed by atoms with E-state index in [4.69, 9.17) is 9.47 Å². The first kappa shape index (κ1) is 22.3. The van der Waals surface area contributed by atoms with Crippen LogP contribution in [0.4, 0.5) is 5.95 Å². The molecule has 0 spiro atoms. The third-order valence-corrected chi connectivity index (χ3v) is 6.83. The van der Waals surface area contributed by atoms with Gasteiger partial charge in [-0.15, -0.1) is 0 Å². The number of anilines is 1. The molecule has 2 aliphatic rings. The van der Waals surface area contributed by atoms with Gasteiger partial charge in [-0.2, -0.15) is 0 Å². The second kappa shape index (κ2) is 10.1. The third-order valence-electron chi connectivity index (χ3n) is 5.37. The Labute approximate surface area is 187 Å². The second-order valence-electron chi connectivity index (χ2n) is 7.68. The largest absolute Gasteiger partial charge is 0.490 e. The number of hydrogen-bond donors (Lipinski definition) is 2. The standard InChI is InChI=1S/C21H27N5O5S/c27-20(25-16-6-11-26(12-7-16)21-22-8-1-9-23-21)5-10-24-32(28,29)17-3-4-18-19(15-17)31-14-2-13-30-18/h1,3-4,8-9,15-16,24H,2,5-7,10-14H2,(H,25,27). The number of sulfonamides is 1. The minimum Gasteiger partial charge on any atom is -0.490 e. The smallest absolute Gasteiger partial charge is 0.240 e. The highest BCUT2D eigenvalue weighted by molar-refractivity contribution is 7.89. The molecule has 4 rings (SSSR count). The molecule has 3 heterocycles. The SMILES string of the molecule is O=C(CCNS(=O)(=O)c1ccc2c(c1)OCCCO2)NC1CCN(c2ncccn2)CC1. The van der Waals surface area contributed by atoms with Gasteiger partial charge < -0.3 is 19.7 Å². The van der Waals surface area contributed by atoms with Crippen molar-refractivity contribution in [1.29, 1.82) is 0 Å². The lowest BCUT2D eigenvalue weighted by Gasteiger charge is -2.32. The Balaban J connectivity index is 1.22. The predicted octanol–water partition coefficient (Wildman–Crippen LogP) is 1.09. The molecule has 2 aromatic rings. The minimum absolute atomic E-state index is 0.0132. The molecule has 0 atom stereocenters. The summed E-state index contributed by atoms with van der Waals surface area (Å²) in [6.45, 7) is 2.53. The molecule has 2 N–H and O–H groups in total. The van der Waals surface area contributed by atoms with Crippen LogP contribution < -0.4 is 24.4 Å². The van der Waals surface area contributed by atoms with Gasteiger partial charge in [0.15, 0.2) is 11.5 Å². The number of hydrogen-bond acceptors (Lipinski definition) is 8. The van der Waals surface area contributed by atoms with E-state index in [9.17, 15) is 13.2 Å². The number of carbonyl (C=O) groups excluding carboxylic acids is 1. The number of rotatable bonds is 7. The van der Waals surface area contributed by atoms with Gasteiger partial charge >= 0.3 is 0 Å². The maximum absolute atomic E-state index is 12.6. The lowest BCUT2D eigenvalue weighted by molar-refractivity contribution is -0.121. The van der Waals surface area contributed by atoms with Gasteiger partial charge in [0.25, 0.3) is 0 Å². The van der Waals surface area contributed by atoms with Gasteiger partial charge in [-0.3, -0.25) is 4.79 Å². The quantitative estimate of drug-likeness (QED) is 0.628. The molecule has 1 aromatic carbocycles. The molecule has 32 heavy (non-hydrogen) atoms. The Morgan fingerprint density at radius 3 is 2.56 bits per heavy atom. The summed E-state index contributed by atoms with van der Waals surface area (Å²) in [4.78, 5) is 23.0. The van der Waals surface area contributed by atoms with Gasteiger partial charge in [-0.25, -0.2) is 23.1 Å². The van der Waals surface area contributed by atoms with E-state index < -0.39 is 10.0 Å². The Morgan fingerprint density at radius 1 is 1.09 bits per heavy atom. The molecule has 0 saturated carbocycles. The van der Waals surface area contributed by atoms with Crippen LogP contribution in [0.5, 0.6) is 11.5 Å². The van der Waals surface area contributed by atoms with Crippen LogP contribution in [0, 0.1) is 0 Å². The zero-order chi connectivity index (χ0) is 22.4. The summed E-state index contributed by atoms with van der Waals surface area (Å²) in [5.74, 6) is 1.46. The first-order valence-corrected chi connectivity index (χ1v) is 12.2. The lowest BCUT2D eigenvalue weighted by atomic mass is 10.1. The van der Waals surface area contributed by atoms with Crippen LogP contribution >= 0.6 is 0 Å². The van der Waals surface area contributed by atoms with E-state index in [0.717, 1.165) is 32.4 Å². The molecular weight excluding hydrogens is 434 g/mol. The summed E-state index contributed by atoms with van der Waals surface area (Å²) < 4.78 is 38.7. The summed E-state index contributed by atoms with van der Waals surface area (Å²) in [5, 5.41) is 2.99. The summed E-state index contributed by atoms with van der Waals surface area (Å²) in [6.07, 6.45) is 5.79. The summed E-state index contributed by atoms with van der Waals surface area (Å²) in [7, 11) is -3.76. The van der Waals surface area contributed by atoms with Gasteiger partial charge in [-0.05, 0) is 31.0 Å². The van der Waals surface area contributed by atoms with Crippen molar-refractivity contribution in [1.82, 2.24) is 20.0 Å². The number of ether oxygens (including phenoxy) is 2. The normalized spacial score (nSPS) is 16.9. The van der Waals surface area contributed by atoms with Crippen molar-refractivity contribution in [2.75, 3.05) is 37.7 Å². The van der Waals surface area contributed by atoms with Crippen LogP contribution in [0.3, 0.4) is 0 Å². The molecule has 0 aliphatic carbocycles. The monoisotopic (exact) mass is 461 g/mol. The molecule has 0 unspecified atom stereocenters. The summed E-state index contributed by atoms with van der Waals surface area (Å²) in [5.41, 5.74) is 0. The van der Waals surface area contributed by atoms with E-state index in [-0.39, 0.29) is 29.8 Å². The van der Waals surface area contributed by atoms with E-state index >= 15 is 0 Å². The first-order chi connectivity index (χ1) is 15.5. The highest BCUT2D eigenvalue weighted by Crippen LogP contribution is 2.31. The molecule has 1 amide bonds. The highest BCUT2D eigenvalue weighted by Gasteiger charge is 2.23. The Bertz CT molecular complexity index is 1030. The van der Waals surface area contributed by atoms with Crippen molar-refractivity contribution in [3.63, 3.8) is 0 Å². The molecular formula is C21H27N5O5S. The lowest BCUT2D eigenvalue weighted by Crippen LogP contribution is -2.45. The fourth-order valence-corrected chi connectivity index (χ4v) is 4.72. The van der Waals surface area contributed by atoms with E-state index in [1.807, 2.05) is 0 Å². The molecule has 1 aromatic heterocycles. The topological polar surface area (TPSA) is 123 Å². The Morgan fingerprint density at radius 2 is 1.81 bits per heavy atom. The first-order valence-electron chi connectivity index (χ1n) is 10.7. The molecule has 1 fully saturated rings. The molecule has 11 heteroatoms. The fourth-order valence-electron chi connectivity index (χ4n) is 3.67. The number of aromatic nitrogens is 2. The average Bonchev–Trinajstić information content (AvgIpc) is 3.05. The maximum atomic E-state index is 12.6. The number of nitrogens with zero attached hydrogens (tertiary/aromatic N) is 3. The fraction of sp³-hybridized carbons (Fsp3) is 0.476. The molecule has 1 saturated heterocycles. The average molecular weight is 462 g/mol. The number of amides is 1. The van der Waals surface area contributed by atoms with Crippen LogP contribution in [0.15, 0.2) is 41.6 Å². The van der Waals surface area contributed by atoms with E-state index in [1.165, 1.54) is 12.1 Å². The van der Waals surface area contributed by atoms with Crippen molar-refractivity contribution in [2.24, 2.45) is 0 Å². The zero-order valence-corrected chi connectivity index (χ0v) is 18.5. The minimum atomic E-state index is -3.76. The van der Waals surface area contributed by atoms with E-state index in [1.54, 1.807) is 24.5 Å². The zero-order valence-electron chi connectivity index (χ0n) is 17.7. The number of carbonyl (C=O) groups is 1. The third kappa shape index (κ3) is 5.65. The predicted molar refractivity (Wildman–Crippen MR) is 117 cm³/mol.